The molecule has 0 aromatic heterocycles. The van der Waals surface area contributed by atoms with Gasteiger partial charge >= 0.3 is 5.97 Å². The molecule has 6 nitrogen and oxygen atoms in total. The first-order valence-electron chi connectivity index (χ1n) is 12.5. The monoisotopic (exact) mass is 470 g/mol. The fraction of sp³-hybridized carbons (Fsp3) is 0.654. The number of piperidine rings is 1. The van der Waals surface area contributed by atoms with Crippen LogP contribution in [0.5, 0.6) is 0 Å². The molecule has 4 atom stereocenters. The molecular weight excluding hydrogens is 436 g/mol. The van der Waals surface area contributed by atoms with Gasteiger partial charge in [-0.15, -0.1) is 11.8 Å². The molecule has 0 bridgehead atoms. The molecule has 3 aliphatic heterocycles. The van der Waals surface area contributed by atoms with E-state index in [1.54, 1.807) is 0 Å². The van der Waals surface area contributed by atoms with Crippen molar-refractivity contribution in [3.63, 3.8) is 0 Å². The van der Waals surface area contributed by atoms with E-state index in [1.165, 1.54) is 49.0 Å². The number of carbonyl (C=O) groups excluding carboxylic acids is 3. The number of rotatable bonds is 5. The molecule has 1 saturated carbocycles. The number of likely N-dealkylation sites (tertiary alicyclic amines) is 1. The number of esters is 1. The largest absolute Gasteiger partial charge is 0.468 e. The fourth-order valence-electron chi connectivity index (χ4n) is 6.85. The highest BCUT2D eigenvalue weighted by molar-refractivity contribution is 8.00. The van der Waals surface area contributed by atoms with Gasteiger partial charge in [-0.2, -0.15) is 0 Å². The Morgan fingerprint density at radius 3 is 2.45 bits per heavy atom. The Labute approximate surface area is 200 Å². The number of hydrogen-bond donors (Lipinski definition) is 0. The SMILES string of the molecule is CCN1C(=O)[C@H]2[C@@H](c3ccc(SC4CCCCC4)cc3)N3CCCC[C@@]3(C(=O)OC)[C@H]2C1=O. The maximum atomic E-state index is 13.5. The lowest BCUT2D eigenvalue weighted by molar-refractivity contribution is -0.164. The van der Waals surface area contributed by atoms with Crippen LogP contribution in [0.25, 0.3) is 0 Å². The van der Waals surface area contributed by atoms with Crippen molar-refractivity contribution < 1.29 is 19.1 Å². The highest BCUT2D eigenvalue weighted by Crippen LogP contribution is 2.58. The van der Waals surface area contributed by atoms with Gasteiger partial charge in [0, 0.05) is 22.7 Å². The number of nitrogens with zero attached hydrogens (tertiary/aromatic N) is 2. The molecule has 33 heavy (non-hydrogen) atoms. The van der Waals surface area contributed by atoms with Gasteiger partial charge in [0.1, 0.15) is 5.54 Å². The average molecular weight is 471 g/mol. The van der Waals surface area contributed by atoms with E-state index in [0.717, 1.165) is 18.4 Å². The van der Waals surface area contributed by atoms with Crippen LogP contribution in [-0.2, 0) is 19.1 Å². The zero-order chi connectivity index (χ0) is 23.2. The Balaban J connectivity index is 1.51. The summed E-state index contributed by atoms with van der Waals surface area (Å²) in [5, 5.41) is 0.682. The molecule has 0 unspecified atom stereocenters. The summed E-state index contributed by atoms with van der Waals surface area (Å²) in [6, 6.07) is 8.26. The summed E-state index contributed by atoms with van der Waals surface area (Å²) in [6.45, 7) is 2.86. The van der Waals surface area contributed by atoms with Crippen LogP contribution in [-0.4, -0.2) is 58.6 Å². The van der Waals surface area contributed by atoms with Crippen LogP contribution < -0.4 is 0 Å². The van der Waals surface area contributed by atoms with Crippen molar-refractivity contribution in [3.05, 3.63) is 29.8 Å². The highest BCUT2D eigenvalue weighted by atomic mass is 32.2. The predicted octanol–water partition coefficient (Wildman–Crippen LogP) is 4.18. The van der Waals surface area contributed by atoms with E-state index in [-0.39, 0.29) is 23.8 Å². The molecule has 0 N–H and O–H groups in total. The van der Waals surface area contributed by atoms with Gasteiger partial charge in [-0.25, -0.2) is 0 Å². The van der Waals surface area contributed by atoms with Crippen molar-refractivity contribution >= 4 is 29.5 Å². The molecule has 3 heterocycles. The average Bonchev–Trinajstić information content (AvgIpc) is 3.30. The van der Waals surface area contributed by atoms with E-state index >= 15 is 0 Å². The summed E-state index contributed by atoms with van der Waals surface area (Å²) in [5.74, 6) is -1.93. The van der Waals surface area contributed by atoms with Crippen molar-refractivity contribution in [1.82, 2.24) is 9.80 Å². The molecule has 1 aromatic rings. The fourth-order valence-corrected chi connectivity index (χ4v) is 8.09. The molecule has 3 saturated heterocycles. The molecule has 178 valence electrons. The highest BCUT2D eigenvalue weighted by Gasteiger charge is 2.72. The first kappa shape index (κ1) is 22.9. The maximum Gasteiger partial charge on any atom is 0.327 e. The van der Waals surface area contributed by atoms with Gasteiger partial charge < -0.3 is 4.74 Å². The van der Waals surface area contributed by atoms with Gasteiger partial charge in [0.2, 0.25) is 11.8 Å². The van der Waals surface area contributed by atoms with Crippen molar-refractivity contribution in [2.24, 2.45) is 11.8 Å². The third-order valence-electron chi connectivity index (χ3n) is 8.28. The third-order valence-corrected chi connectivity index (χ3v) is 9.63. The van der Waals surface area contributed by atoms with Gasteiger partial charge in [0.15, 0.2) is 0 Å². The van der Waals surface area contributed by atoms with Crippen LogP contribution in [0.2, 0.25) is 0 Å². The van der Waals surface area contributed by atoms with E-state index in [9.17, 15) is 14.4 Å². The second-order valence-electron chi connectivity index (χ2n) is 9.88. The smallest absolute Gasteiger partial charge is 0.327 e. The molecule has 1 aliphatic carbocycles. The minimum atomic E-state index is -1.05. The molecule has 0 spiro atoms. The number of benzene rings is 1. The first-order chi connectivity index (χ1) is 16.0. The zero-order valence-corrected chi connectivity index (χ0v) is 20.4. The number of methoxy groups -OCH3 is 1. The quantitative estimate of drug-likeness (QED) is 0.475. The van der Waals surface area contributed by atoms with E-state index in [4.69, 9.17) is 4.74 Å². The number of hydrogen-bond acceptors (Lipinski definition) is 6. The zero-order valence-electron chi connectivity index (χ0n) is 19.6. The lowest BCUT2D eigenvalue weighted by Crippen LogP contribution is -2.59. The number of carbonyl (C=O) groups is 3. The van der Waals surface area contributed by atoms with Crippen LogP contribution in [0.15, 0.2) is 29.2 Å². The summed E-state index contributed by atoms with van der Waals surface area (Å²) in [5.41, 5.74) is -0.0288. The van der Waals surface area contributed by atoms with Crippen LogP contribution in [0.4, 0.5) is 0 Å². The molecule has 5 rings (SSSR count). The van der Waals surface area contributed by atoms with Gasteiger partial charge in [-0.1, -0.05) is 31.4 Å². The molecule has 1 aromatic carbocycles. The maximum absolute atomic E-state index is 13.5. The molecule has 4 fully saturated rings. The minimum absolute atomic E-state index is 0.143. The Morgan fingerprint density at radius 2 is 1.79 bits per heavy atom. The van der Waals surface area contributed by atoms with Crippen molar-refractivity contribution in [2.75, 3.05) is 20.2 Å². The standard InChI is InChI=1S/C26H34N2O4S/c1-3-27-23(29)20-21(24(27)30)26(25(31)32-2)15-7-8-16-28(26)22(20)17-11-13-19(14-12-17)33-18-9-5-4-6-10-18/h11-14,18,20-22H,3-10,15-16H2,1-2H3/t20-,21-,22-,26+/m1/s1. The number of amides is 2. The lowest BCUT2D eigenvalue weighted by Gasteiger charge is -2.44. The first-order valence-corrected chi connectivity index (χ1v) is 13.4. The predicted molar refractivity (Wildman–Crippen MR) is 127 cm³/mol. The number of imide groups is 1. The Hall–Kier alpha value is -1.86. The van der Waals surface area contributed by atoms with Gasteiger partial charge in [-0.3, -0.25) is 24.2 Å². The number of ether oxygens (including phenoxy) is 1. The second-order valence-corrected chi connectivity index (χ2v) is 11.3. The second kappa shape index (κ2) is 9.06. The summed E-state index contributed by atoms with van der Waals surface area (Å²) in [4.78, 5) is 44.9. The Morgan fingerprint density at radius 1 is 1.06 bits per heavy atom. The topological polar surface area (TPSA) is 66.9 Å². The van der Waals surface area contributed by atoms with Gasteiger partial charge in [0.25, 0.3) is 0 Å². The van der Waals surface area contributed by atoms with E-state index in [0.29, 0.717) is 24.8 Å². The Kier molecular flexibility index (Phi) is 6.29. The molecular formula is C26H34N2O4S. The van der Waals surface area contributed by atoms with E-state index in [2.05, 4.69) is 29.2 Å². The molecule has 7 heteroatoms. The number of fused-ring (bicyclic) bond motifs is 3. The third kappa shape index (κ3) is 3.54. The van der Waals surface area contributed by atoms with Crippen molar-refractivity contribution in [1.29, 1.82) is 0 Å². The lowest BCUT2D eigenvalue weighted by atomic mass is 9.75. The van der Waals surface area contributed by atoms with Gasteiger partial charge in [0.05, 0.1) is 18.9 Å². The van der Waals surface area contributed by atoms with Crippen LogP contribution in [0.1, 0.15) is 69.9 Å². The van der Waals surface area contributed by atoms with Crippen LogP contribution in [0, 0.1) is 11.8 Å². The van der Waals surface area contributed by atoms with Crippen molar-refractivity contribution in [3.8, 4) is 0 Å². The number of thioether (sulfide) groups is 1. The van der Waals surface area contributed by atoms with Crippen LogP contribution >= 0.6 is 11.8 Å². The summed E-state index contributed by atoms with van der Waals surface area (Å²) in [6.07, 6.45) is 8.89. The molecule has 0 radical (unpaired) electrons. The van der Waals surface area contributed by atoms with Crippen molar-refractivity contribution in [2.45, 2.75) is 80.0 Å². The minimum Gasteiger partial charge on any atom is -0.468 e. The molecule has 4 aliphatic rings. The van der Waals surface area contributed by atoms with E-state index < -0.39 is 17.4 Å². The molecule has 2 amide bonds. The summed E-state index contributed by atoms with van der Waals surface area (Å²) in [7, 11) is 1.39. The van der Waals surface area contributed by atoms with E-state index in [1.807, 2.05) is 18.7 Å². The normalized spacial score (nSPS) is 32.7. The summed E-state index contributed by atoms with van der Waals surface area (Å²) >= 11 is 1.95. The Bertz CT molecular complexity index is 929. The van der Waals surface area contributed by atoms with Crippen LogP contribution in [0.3, 0.4) is 0 Å². The van der Waals surface area contributed by atoms with Gasteiger partial charge in [-0.05, 0) is 63.3 Å². The summed E-state index contributed by atoms with van der Waals surface area (Å²) < 4.78 is 5.28.